The van der Waals surface area contributed by atoms with Crippen LogP contribution in [0.2, 0.25) is 0 Å². The highest BCUT2D eigenvalue weighted by Gasteiger charge is 2.06. The Morgan fingerprint density at radius 2 is 2.04 bits per heavy atom. The Morgan fingerprint density at radius 1 is 1.31 bits per heavy atom. The first-order valence-corrected chi connectivity index (χ1v) is 8.30. The third-order valence-electron chi connectivity index (χ3n) is 3.20. The summed E-state index contributed by atoms with van der Waals surface area (Å²) in [4.78, 5) is 8.65. The van der Waals surface area contributed by atoms with Crippen LogP contribution >= 0.6 is 24.0 Å². The largest absolute Gasteiger partial charge is 0.489 e. The van der Waals surface area contributed by atoms with Gasteiger partial charge in [-0.2, -0.15) is 4.98 Å². The number of halogens is 2. The van der Waals surface area contributed by atoms with E-state index < -0.39 is 0 Å². The van der Waals surface area contributed by atoms with E-state index in [9.17, 15) is 4.39 Å². The van der Waals surface area contributed by atoms with E-state index in [1.807, 2.05) is 13.8 Å². The van der Waals surface area contributed by atoms with Gasteiger partial charge in [-0.25, -0.2) is 9.38 Å². The van der Waals surface area contributed by atoms with E-state index in [2.05, 4.69) is 25.8 Å². The van der Waals surface area contributed by atoms with E-state index in [1.165, 1.54) is 12.1 Å². The molecule has 144 valence electrons. The monoisotopic (exact) mass is 477 g/mol. The van der Waals surface area contributed by atoms with Crippen LogP contribution in [0.4, 0.5) is 4.39 Å². The Hall–Kier alpha value is -1.91. The molecule has 0 aliphatic carbocycles. The number of aromatic nitrogens is 2. The molecule has 26 heavy (non-hydrogen) atoms. The second-order valence-electron chi connectivity index (χ2n) is 5.51. The van der Waals surface area contributed by atoms with E-state index in [4.69, 9.17) is 9.26 Å². The summed E-state index contributed by atoms with van der Waals surface area (Å²) >= 11 is 0. The van der Waals surface area contributed by atoms with E-state index >= 15 is 0 Å². The van der Waals surface area contributed by atoms with E-state index in [0.29, 0.717) is 42.9 Å². The summed E-state index contributed by atoms with van der Waals surface area (Å²) in [6.07, 6.45) is 0.479. The molecule has 0 radical (unpaired) electrons. The van der Waals surface area contributed by atoms with Crippen molar-refractivity contribution >= 4 is 29.9 Å². The normalized spacial score (nSPS) is 12.2. The van der Waals surface area contributed by atoms with Gasteiger partial charge in [-0.15, -0.1) is 24.0 Å². The maximum atomic E-state index is 12.9. The molecule has 0 spiro atoms. The highest BCUT2D eigenvalue weighted by Crippen LogP contribution is 2.13. The Labute approximate surface area is 169 Å². The maximum Gasteiger partial charge on any atom is 0.228 e. The average Bonchev–Trinajstić information content (AvgIpc) is 3.00. The lowest BCUT2D eigenvalue weighted by Gasteiger charge is -2.15. The first kappa shape index (κ1) is 22.1. The van der Waals surface area contributed by atoms with Crippen LogP contribution in [0.15, 0.2) is 33.8 Å². The van der Waals surface area contributed by atoms with Crippen LogP contribution in [-0.2, 0) is 6.42 Å². The van der Waals surface area contributed by atoms with Crippen LogP contribution < -0.4 is 15.4 Å². The molecule has 0 bridgehead atoms. The van der Waals surface area contributed by atoms with E-state index in [0.717, 1.165) is 6.54 Å². The highest BCUT2D eigenvalue weighted by molar-refractivity contribution is 14.0. The van der Waals surface area contributed by atoms with Crippen molar-refractivity contribution in [2.24, 2.45) is 4.99 Å². The molecular weight excluding hydrogens is 452 g/mol. The predicted octanol–water partition coefficient (Wildman–Crippen LogP) is 2.70. The zero-order valence-electron chi connectivity index (χ0n) is 15.2. The van der Waals surface area contributed by atoms with Gasteiger partial charge in [0.15, 0.2) is 11.8 Å². The Morgan fingerprint density at radius 3 is 2.65 bits per heavy atom. The molecular formula is C17H25FIN5O2. The standard InChI is InChI=1S/C17H24FN5O2.HI/c1-4-19-17(20-10-9-16-22-13(3)23-25-16)21-11-12(2)24-15-7-5-14(18)6-8-15;/h5-8,12H,4,9-11H2,1-3H3,(H2,19,20,21);1H. The number of aliphatic imine (C=N–C) groups is 1. The van der Waals surface area contributed by atoms with Gasteiger partial charge in [0.2, 0.25) is 5.89 Å². The van der Waals surface area contributed by atoms with Crippen LogP contribution in [0.3, 0.4) is 0 Å². The first-order chi connectivity index (χ1) is 12.1. The van der Waals surface area contributed by atoms with Crippen molar-refractivity contribution in [3.8, 4) is 5.75 Å². The molecule has 0 saturated heterocycles. The van der Waals surface area contributed by atoms with Crippen molar-refractivity contribution in [3.63, 3.8) is 0 Å². The van der Waals surface area contributed by atoms with Crippen molar-refractivity contribution in [2.75, 3.05) is 19.6 Å². The summed E-state index contributed by atoms with van der Waals surface area (Å²) in [6, 6.07) is 5.95. The van der Waals surface area contributed by atoms with Gasteiger partial charge in [0.25, 0.3) is 0 Å². The quantitative estimate of drug-likeness (QED) is 0.346. The van der Waals surface area contributed by atoms with Gasteiger partial charge in [-0.05, 0) is 45.0 Å². The molecule has 9 heteroatoms. The predicted molar refractivity (Wildman–Crippen MR) is 109 cm³/mol. The van der Waals surface area contributed by atoms with Crippen LogP contribution in [0.25, 0.3) is 0 Å². The molecule has 1 heterocycles. The second kappa shape index (κ2) is 11.7. The van der Waals surface area contributed by atoms with Gasteiger partial charge in [0, 0.05) is 19.5 Å². The zero-order valence-corrected chi connectivity index (χ0v) is 17.5. The number of nitrogens with one attached hydrogen (secondary N) is 2. The minimum Gasteiger partial charge on any atom is -0.489 e. The topological polar surface area (TPSA) is 84.6 Å². The molecule has 1 atom stereocenters. The van der Waals surface area contributed by atoms with Gasteiger partial charge in [0.05, 0.1) is 6.54 Å². The SMILES string of the molecule is CCNC(=NCC(C)Oc1ccc(F)cc1)NCCc1nc(C)no1.I. The fourth-order valence-electron chi connectivity index (χ4n) is 2.07. The van der Waals surface area contributed by atoms with Gasteiger partial charge < -0.3 is 19.9 Å². The molecule has 0 saturated carbocycles. The van der Waals surface area contributed by atoms with Crippen LogP contribution in [-0.4, -0.2) is 41.8 Å². The van der Waals surface area contributed by atoms with Crippen molar-refractivity contribution in [2.45, 2.75) is 33.3 Å². The molecule has 2 aromatic rings. The number of guanidine groups is 1. The van der Waals surface area contributed by atoms with Gasteiger partial charge in [-0.1, -0.05) is 5.16 Å². The minimum atomic E-state index is -0.284. The molecule has 0 aliphatic rings. The number of nitrogens with zero attached hydrogens (tertiary/aromatic N) is 3. The molecule has 0 fully saturated rings. The number of rotatable bonds is 8. The smallest absolute Gasteiger partial charge is 0.228 e. The Balaban J connectivity index is 0.00000338. The fraction of sp³-hybridized carbons (Fsp3) is 0.471. The van der Waals surface area contributed by atoms with Crippen molar-refractivity contribution in [1.82, 2.24) is 20.8 Å². The summed E-state index contributed by atoms with van der Waals surface area (Å²) in [5.74, 6) is 2.24. The van der Waals surface area contributed by atoms with Crippen molar-refractivity contribution in [1.29, 1.82) is 0 Å². The third-order valence-corrected chi connectivity index (χ3v) is 3.20. The second-order valence-corrected chi connectivity index (χ2v) is 5.51. The lowest BCUT2D eigenvalue weighted by molar-refractivity contribution is 0.230. The number of benzene rings is 1. The average molecular weight is 477 g/mol. The maximum absolute atomic E-state index is 12.9. The summed E-state index contributed by atoms with van der Waals surface area (Å²) < 4.78 is 23.7. The number of aryl methyl sites for hydroxylation is 1. The molecule has 1 aromatic carbocycles. The molecule has 2 rings (SSSR count). The lowest BCUT2D eigenvalue weighted by atomic mass is 10.3. The zero-order chi connectivity index (χ0) is 18.1. The van der Waals surface area contributed by atoms with Crippen LogP contribution in [0.5, 0.6) is 5.75 Å². The van der Waals surface area contributed by atoms with Crippen LogP contribution in [0, 0.1) is 12.7 Å². The number of hydrogen-bond acceptors (Lipinski definition) is 5. The lowest BCUT2D eigenvalue weighted by Crippen LogP contribution is -2.39. The minimum absolute atomic E-state index is 0. The Kier molecular flexibility index (Phi) is 9.92. The van der Waals surface area contributed by atoms with Gasteiger partial charge in [-0.3, -0.25) is 0 Å². The summed E-state index contributed by atoms with van der Waals surface area (Å²) in [7, 11) is 0. The number of ether oxygens (including phenoxy) is 1. The molecule has 1 unspecified atom stereocenters. The van der Waals surface area contributed by atoms with Crippen molar-refractivity contribution < 1.29 is 13.7 Å². The van der Waals surface area contributed by atoms with Gasteiger partial charge in [0.1, 0.15) is 17.7 Å². The molecule has 7 nitrogen and oxygen atoms in total. The highest BCUT2D eigenvalue weighted by atomic mass is 127. The summed E-state index contributed by atoms with van der Waals surface area (Å²) in [5.41, 5.74) is 0. The fourth-order valence-corrected chi connectivity index (χ4v) is 2.07. The molecule has 0 aliphatic heterocycles. The third kappa shape index (κ3) is 7.98. The van der Waals surface area contributed by atoms with Crippen LogP contribution in [0.1, 0.15) is 25.6 Å². The summed E-state index contributed by atoms with van der Waals surface area (Å²) in [5, 5.41) is 10.1. The van der Waals surface area contributed by atoms with Gasteiger partial charge >= 0.3 is 0 Å². The molecule has 0 amide bonds. The summed E-state index contributed by atoms with van der Waals surface area (Å²) in [6.45, 7) is 7.54. The van der Waals surface area contributed by atoms with E-state index in [1.54, 1.807) is 19.1 Å². The molecule has 1 aromatic heterocycles. The first-order valence-electron chi connectivity index (χ1n) is 8.30. The van der Waals surface area contributed by atoms with Crippen molar-refractivity contribution in [3.05, 3.63) is 41.8 Å². The molecule has 2 N–H and O–H groups in total. The van der Waals surface area contributed by atoms with E-state index in [-0.39, 0.29) is 35.9 Å². The Bertz CT molecular complexity index is 678. The number of hydrogen-bond donors (Lipinski definition) is 2.